The second-order valence-electron chi connectivity index (χ2n) is 6.78. The molecule has 0 fully saturated rings. The Labute approximate surface area is 181 Å². The number of nitrogens with one attached hydrogen (secondary N) is 1. The zero-order chi connectivity index (χ0) is 22.8. The minimum absolute atomic E-state index is 0.00227. The first-order chi connectivity index (χ1) is 14.8. The number of carbonyl (C=O) groups is 3. The fraction of sp³-hybridized carbons (Fsp3) is 0.261. The third-order valence-electron chi connectivity index (χ3n) is 4.39. The molecule has 3 N–H and O–H groups in total. The van der Waals surface area contributed by atoms with E-state index < -0.39 is 17.7 Å². The van der Waals surface area contributed by atoms with Crippen LogP contribution < -0.4 is 20.5 Å². The average molecular weight is 425 g/mol. The SMILES string of the molecule is COc1ccc(/C=C(/NC(C)=O)C(=O)N(CCC(N)=O)Cc2ccccc2)cc1OC. The molecule has 2 aromatic rings. The molecule has 0 unspecified atom stereocenters. The van der Waals surface area contributed by atoms with E-state index in [2.05, 4.69) is 5.32 Å². The summed E-state index contributed by atoms with van der Waals surface area (Å²) in [5, 5.41) is 2.59. The second-order valence-corrected chi connectivity index (χ2v) is 6.78. The molecule has 0 spiro atoms. The molecule has 164 valence electrons. The summed E-state index contributed by atoms with van der Waals surface area (Å²) < 4.78 is 10.5. The van der Waals surface area contributed by atoms with Crippen LogP contribution in [0.1, 0.15) is 24.5 Å². The Kier molecular flexibility index (Phi) is 8.63. The number of nitrogens with two attached hydrogens (primary N) is 1. The zero-order valence-electron chi connectivity index (χ0n) is 17.9. The highest BCUT2D eigenvalue weighted by atomic mass is 16.5. The maximum absolute atomic E-state index is 13.3. The summed E-state index contributed by atoms with van der Waals surface area (Å²) in [5.41, 5.74) is 6.87. The van der Waals surface area contributed by atoms with E-state index in [1.165, 1.54) is 26.0 Å². The summed E-state index contributed by atoms with van der Waals surface area (Å²) >= 11 is 0. The van der Waals surface area contributed by atoms with Crippen LogP contribution in [0.2, 0.25) is 0 Å². The molecule has 2 aromatic carbocycles. The van der Waals surface area contributed by atoms with Crippen molar-refractivity contribution in [2.24, 2.45) is 5.73 Å². The number of hydrogen-bond acceptors (Lipinski definition) is 5. The molecule has 2 rings (SSSR count). The van der Waals surface area contributed by atoms with Crippen molar-refractivity contribution >= 4 is 23.8 Å². The van der Waals surface area contributed by atoms with E-state index >= 15 is 0 Å². The summed E-state index contributed by atoms with van der Waals surface area (Å²) in [6.07, 6.45) is 1.55. The first kappa shape index (κ1) is 23.5. The van der Waals surface area contributed by atoms with Gasteiger partial charge in [0, 0.05) is 26.4 Å². The molecule has 0 aliphatic carbocycles. The van der Waals surface area contributed by atoms with Crippen LogP contribution in [0.15, 0.2) is 54.2 Å². The first-order valence-electron chi connectivity index (χ1n) is 9.67. The van der Waals surface area contributed by atoms with Crippen LogP contribution in [0.25, 0.3) is 6.08 Å². The highest BCUT2D eigenvalue weighted by Crippen LogP contribution is 2.28. The Morgan fingerprint density at radius 3 is 2.29 bits per heavy atom. The van der Waals surface area contributed by atoms with E-state index in [9.17, 15) is 14.4 Å². The van der Waals surface area contributed by atoms with E-state index in [1.807, 2.05) is 30.3 Å². The lowest BCUT2D eigenvalue weighted by Crippen LogP contribution is -2.39. The second kappa shape index (κ2) is 11.4. The third kappa shape index (κ3) is 7.18. The molecule has 0 aromatic heterocycles. The van der Waals surface area contributed by atoms with Gasteiger partial charge in [0.15, 0.2) is 11.5 Å². The number of hydrogen-bond donors (Lipinski definition) is 2. The Morgan fingerprint density at radius 2 is 1.71 bits per heavy atom. The molecule has 0 radical (unpaired) electrons. The first-order valence-corrected chi connectivity index (χ1v) is 9.67. The monoisotopic (exact) mass is 425 g/mol. The van der Waals surface area contributed by atoms with Gasteiger partial charge in [-0.25, -0.2) is 0 Å². The van der Waals surface area contributed by atoms with Gasteiger partial charge >= 0.3 is 0 Å². The van der Waals surface area contributed by atoms with Crippen LogP contribution in [-0.4, -0.2) is 43.4 Å². The van der Waals surface area contributed by atoms with E-state index in [4.69, 9.17) is 15.2 Å². The molecule has 0 atom stereocenters. The van der Waals surface area contributed by atoms with Crippen LogP contribution in [-0.2, 0) is 20.9 Å². The largest absolute Gasteiger partial charge is 0.493 e. The van der Waals surface area contributed by atoms with Crippen LogP contribution in [0.5, 0.6) is 11.5 Å². The lowest BCUT2D eigenvalue weighted by Gasteiger charge is -2.24. The van der Waals surface area contributed by atoms with Gasteiger partial charge in [-0.2, -0.15) is 0 Å². The third-order valence-corrected chi connectivity index (χ3v) is 4.39. The van der Waals surface area contributed by atoms with Gasteiger partial charge in [-0.3, -0.25) is 14.4 Å². The number of ether oxygens (including phenoxy) is 2. The minimum Gasteiger partial charge on any atom is -0.493 e. The van der Waals surface area contributed by atoms with Crippen molar-refractivity contribution in [2.45, 2.75) is 19.9 Å². The van der Waals surface area contributed by atoms with E-state index in [1.54, 1.807) is 24.3 Å². The molecule has 0 aliphatic rings. The maximum atomic E-state index is 13.3. The number of amides is 3. The Bertz CT molecular complexity index is 957. The van der Waals surface area contributed by atoms with Gasteiger partial charge in [-0.1, -0.05) is 36.4 Å². The quantitative estimate of drug-likeness (QED) is 0.566. The fourth-order valence-corrected chi connectivity index (χ4v) is 2.92. The number of benzene rings is 2. The Balaban J connectivity index is 2.40. The number of primary amides is 1. The summed E-state index contributed by atoms with van der Waals surface area (Å²) in [5.74, 6) is -0.319. The van der Waals surface area contributed by atoms with Gasteiger partial charge in [-0.15, -0.1) is 0 Å². The molecule has 8 nitrogen and oxygen atoms in total. The van der Waals surface area contributed by atoms with Crippen LogP contribution in [0, 0.1) is 0 Å². The Hall–Kier alpha value is -3.81. The van der Waals surface area contributed by atoms with E-state index in [0.717, 1.165) is 5.56 Å². The molecule has 0 bridgehead atoms. The van der Waals surface area contributed by atoms with Gasteiger partial charge in [0.25, 0.3) is 5.91 Å². The van der Waals surface area contributed by atoms with Crippen molar-refractivity contribution in [3.8, 4) is 11.5 Å². The van der Waals surface area contributed by atoms with Gasteiger partial charge in [0.2, 0.25) is 11.8 Å². The maximum Gasteiger partial charge on any atom is 0.270 e. The van der Waals surface area contributed by atoms with Crippen molar-refractivity contribution in [3.63, 3.8) is 0 Å². The molecule has 31 heavy (non-hydrogen) atoms. The molecular weight excluding hydrogens is 398 g/mol. The number of nitrogens with zero attached hydrogens (tertiary/aromatic N) is 1. The van der Waals surface area contributed by atoms with Crippen molar-refractivity contribution in [1.82, 2.24) is 10.2 Å². The number of methoxy groups -OCH3 is 2. The smallest absolute Gasteiger partial charge is 0.270 e. The standard InChI is InChI=1S/C23H27N3O5/c1-16(27)25-19(13-18-9-10-20(30-2)21(14-18)31-3)23(29)26(12-11-22(24)28)15-17-7-5-4-6-8-17/h4-10,13-14H,11-12,15H2,1-3H3,(H2,24,28)(H,25,27)/b19-13+. The molecule has 3 amide bonds. The molecule has 0 heterocycles. The normalized spacial score (nSPS) is 10.9. The highest BCUT2D eigenvalue weighted by Gasteiger charge is 2.20. The van der Waals surface area contributed by atoms with Crippen LogP contribution in [0.3, 0.4) is 0 Å². The predicted molar refractivity (Wildman–Crippen MR) is 117 cm³/mol. The van der Waals surface area contributed by atoms with Crippen molar-refractivity contribution < 1.29 is 23.9 Å². The predicted octanol–water partition coefficient (Wildman–Crippen LogP) is 2.08. The number of rotatable bonds is 10. The molecule has 0 saturated carbocycles. The lowest BCUT2D eigenvalue weighted by molar-refractivity contribution is -0.130. The summed E-state index contributed by atoms with van der Waals surface area (Å²) in [6.45, 7) is 1.70. The molecule has 0 aliphatic heterocycles. The van der Waals surface area contributed by atoms with Gasteiger partial charge in [0.1, 0.15) is 5.70 Å². The van der Waals surface area contributed by atoms with E-state index in [-0.39, 0.29) is 25.2 Å². The van der Waals surface area contributed by atoms with Crippen LogP contribution in [0.4, 0.5) is 0 Å². The van der Waals surface area contributed by atoms with Crippen molar-refractivity contribution in [3.05, 3.63) is 65.4 Å². The summed E-state index contributed by atoms with van der Waals surface area (Å²) in [4.78, 5) is 37.9. The van der Waals surface area contributed by atoms with Crippen molar-refractivity contribution in [1.29, 1.82) is 0 Å². The summed E-state index contributed by atoms with van der Waals surface area (Å²) in [6, 6.07) is 14.5. The average Bonchev–Trinajstić information content (AvgIpc) is 2.75. The fourth-order valence-electron chi connectivity index (χ4n) is 2.92. The van der Waals surface area contributed by atoms with Gasteiger partial charge < -0.3 is 25.4 Å². The van der Waals surface area contributed by atoms with Crippen LogP contribution >= 0.6 is 0 Å². The van der Waals surface area contributed by atoms with Gasteiger partial charge in [-0.05, 0) is 29.3 Å². The molecule has 8 heteroatoms. The minimum atomic E-state index is -0.518. The molecule has 0 saturated heterocycles. The molecular formula is C23H27N3O5. The zero-order valence-corrected chi connectivity index (χ0v) is 17.9. The summed E-state index contributed by atoms with van der Waals surface area (Å²) in [7, 11) is 3.04. The van der Waals surface area contributed by atoms with Crippen molar-refractivity contribution in [2.75, 3.05) is 20.8 Å². The lowest BCUT2D eigenvalue weighted by atomic mass is 10.1. The van der Waals surface area contributed by atoms with E-state index in [0.29, 0.717) is 17.1 Å². The van der Waals surface area contributed by atoms with Gasteiger partial charge in [0.05, 0.1) is 14.2 Å². The Morgan fingerprint density at radius 1 is 1.03 bits per heavy atom. The number of carbonyl (C=O) groups excluding carboxylic acids is 3. The highest BCUT2D eigenvalue weighted by molar-refractivity contribution is 6.01. The topological polar surface area (TPSA) is 111 Å².